The molecule has 6 heteroatoms. The Morgan fingerprint density at radius 1 is 1.00 bits per heavy atom. The lowest BCUT2D eigenvalue weighted by atomic mass is 9.99. The number of rotatable bonds is 2. The molecule has 26 heavy (non-hydrogen) atoms. The van der Waals surface area contributed by atoms with Crippen LogP contribution in [0.2, 0.25) is 0 Å². The van der Waals surface area contributed by atoms with Crippen LogP contribution >= 0.6 is 12.4 Å². The molecule has 0 radical (unpaired) electrons. The number of carbonyl (C=O) groups excluding carboxylic acids is 2. The summed E-state index contributed by atoms with van der Waals surface area (Å²) in [4.78, 5) is 28.6. The Morgan fingerprint density at radius 2 is 1.77 bits per heavy atom. The highest BCUT2D eigenvalue weighted by Gasteiger charge is 2.26. The molecule has 2 aliphatic heterocycles. The van der Waals surface area contributed by atoms with Crippen molar-refractivity contribution in [3.63, 3.8) is 0 Å². The smallest absolute Gasteiger partial charge is 0.258 e. The molecule has 0 aliphatic carbocycles. The molecule has 2 N–H and O–H groups in total. The van der Waals surface area contributed by atoms with E-state index in [1.165, 1.54) is 0 Å². The monoisotopic (exact) mass is 371 g/mol. The predicted octanol–water partition coefficient (Wildman–Crippen LogP) is 3.41. The molecule has 0 unspecified atom stereocenters. The number of nitrogen functional groups attached to an aromatic ring is 1. The van der Waals surface area contributed by atoms with Crippen molar-refractivity contribution in [2.24, 2.45) is 0 Å². The molecule has 2 aromatic rings. The molecule has 5 nitrogen and oxygen atoms in total. The Labute approximate surface area is 159 Å². The van der Waals surface area contributed by atoms with E-state index >= 15 is 0 Å². The van der Waals surface area contributed by atoms with Crippen molar-refractivity contribution >= 4 is 41.3 Å². The highest BCUT2D eigenvalue weighted by molar-refractivity contribution is 6.08. The Kier molecular flexibility index (Phi) is 5.18. The Morgan fingerprint density at radius 3 is 2.54 bits per heavy atom. The minimum Gasteiger partial charge on any atom is -0.398 e. The summed E-state index contributed by atoms with van der Waals surface area (Å²) in [5.41, 5.74) is 10.2. The number of anilines is 3. The van der Waals surface area contributed by atoms with Gasteiger partial charge in [-0.15, -0.1) is 12.4 Å². The standard InChI is InChI=1S/C20H21N3O2.ClH/c21-17-8-2-9-18-16(17)7-3-12-23(18)20(25)14-5-1-6-15(13-14)22-11-4-10-19(22)24;/h1-2,5-6,8-9,13H,3-4,7,10-12,21H2;1H. The lowest BCUT2D eigenvalue weighted by Gasteiger charge is -2.30. The SMILES string of the molecule is Cl.Nc1cccc2c1CCCN2C(=O)c1cccc(N2CCCC2=O)c1. The normalized spacial score (nSPS) is 16.2. The average molecular weight is 372 g/mol. The first-order valence-electron chi connectivity index (χ1n) is 8.75. The van der Waals surface area contributed by atoms with Gasteiger partial charge >= 0.3 is 0 Å². The molecule has 4 rings (SSSR count). The molecule has 2 amide bonds. The third kappa shape index (κ3) is 3.15. The fraction of sp³-hybridized carbons (Fsp3) is 0.300. The molecule has 0 aromatic heterocycles. The largest absolute Gasteiger partial charge is 0.398 e. The second-order valence-corrected chi connectivity index (χ2v) is 6.60. The molecule has 2 heterocycles. The molecule has 2 aliphatic rings. The van der Waals surface area contributed by atoms with Gasteiger partial charge in [0.25, 0.3) is 5.91 Å². The van der Waals surface area contributed by atoms with Gasteiger partial charge in [-0.25, -0.2) is 0 Å². The maximum Gasteiger partial charge on any atom is 0.258 e. The van der Waals surface area contributed by atoms with Gasteiger partial charge in [0.1, 0.15) is 0 Å². The minimum absolute atomic E-state index is 0. The van der Waals surface area contributed by atoms with Gasteiger partial charge in [0, 0.05) is 42.1 Å². The van der Waals surface area contributed by atoms with Crippen molar-refractivity contribution < 1.29 is 9.59 Å². The second kappa shape index (κ2) is 7.38. The number of hydrogen-bond donors (Lipinski definition) is 1. The van der Waals surface area contributed by atoms with Crippen LogP contribution in [-0.4, -0.2) is 24.9 Å². The van der Waals surface area contributed by atoms with Crippen LogP contribution in [0.5, 0.6) is 0 Å². The zero-order valence-electron chi connectivity index (χ0n) is 14.5. The zero-order valence-corrected chi connectivity index (χ0v) is 15.3. The number of benzene rings is 2. The Hall–Kier alpha value is -2.53. The molecule has 1 fully saturated rings. The summed E-state index contributed by atoms with van der Waals surface area (Å²) >= 11 is 0. The third-order valence-electron chi connectivity index (χ3n) is 5.01. The van der Waals surface area contributed by atoms with Gasteiger partial charge < -0.3 is 15.5 Å². The summed E-state index contributed by atoms with van der Waals surface area (Å²) in [6, 6.07) is 13.1. The van der Waals surface area contributed by atoms with E-state index in [4.69, 9.17) is 5.73 Å². The molecule has 0 spiro atoms. The van der Waals surface area contributed by atoms with Crippen LogP contribution in [0, 0.1) is 0 Å². The highest BCUT2D eigenvalue weighted by atomic mass is 35.5. The van der Waals surface area contributed by atoms with E-state index in [1.807, 2.05) is 42.5 Å². The van der Waals surface area contributed by atoms with Gasteiger partial charge in [-0.2, -0.15) is 0 Å². The van der Waals surface area contributed by atoms with E-state index in [2.05, 4.69) is 0 Å². The minimum atomic E-state index is -0.0416. The van der Waals surface area contributed by atoms with Crippen LogP contribution < -0.4 is 15.5 Å². The molecule has 136 valence electrons. The lowest BCUT2D eigenvalue weighted by molar-refractivity contribution is -0.117. The molecule has 0 bridgehead atoms. The second-order valence-electron chi connectivity index (χ2n) is 6.60. The van der Waals surface area contributed by atoms with E-state index in [1.54, 1.807) is 9.80 Å². The third-order valence-corrected chi connectivity index (χ3v) is 5.01. The van der Waals surface area contributed by atoms with Crippen LogP contribution in [0.4, 0.5) is 17.1 Å². The maximum atomic E-state index is 13.1. The molecule has 1 saturated heterocycles. The number of halogens is 1. The number of nitrogens with two attached hydrogens (primary N) is 1. The Bertz CT molecular complexity index is 853. The summed E-state index contributed by atoms with van der Waals surface area (Å²) in [6.07, 6.45) is 3.25. The summed E-state index contributed by atoms with van der Waals surface area (Å²) in [5, 5.41) is 0. The van der Waals surface area contributed by atoms with Gasteiger partial charge in [-0.1, -0.05) is 12.1 Å². The quantitative estimate of drug-likeness (QED) is 0.822. The average Bonchev–Trinajstić information content (AvgIpc) is 3.07. The number of hydrogen-bond acceptors (Lipinski definition) is 3. The molecular formula is C20H22ClN3O2. The maximum absolute atomic E-state index is 13.1. The number of fused-ring (bicyclic) bond motifs is 1. The number of carbonyl (C=O) groups is 2. The van der Waals surface area contributed by atoms with Crippen LogP contribution in [-0.2, 0) is 11.2 Å². The van der Waals surface area contributed by atoms with E-state index < -0.39 is 0 Å². The molecule has 0 atom stereocenters. The predicted molar refractivity (Wildman–Crippen MR) is 106 cm³/mol. The Balaban J connectivity index is 0.00000196. The van der Waals surface area contributed by atoms with Crippen LogP contribution in [0.25, 0.3) is 0 Å². The van der Waals surface area contributed by atoms with Crippen molar-refractivity contribution in [1.82, 2.24) is 0 Å². The van der Waals surface area contributed by atoms with Gasteiger partial charge in [-0.3, -0.25) is 9.59 Å². The molecular weight excluding hydrogens is 350 g/mol. The van der Waals surface area contributed by atoms with Crippen molar-refractivity contribution in [2.75, 3.05) is 28.6 Å². The summed E-state index contributed by atoms with van der Waals surface area (Å²) in [5.74, 6) is 0.0840. The van der Waals surface area contributed by atoms with E-state index in [0.717, 1.165) is 48.4 Å². The topological polar surface area (TPSA) is 66.6 Å². The van der Waals surface area contributed by atoms with Crippen molar-refractivity contribution in [1.29, 1.82) is 0 Å². The number of amides is 2. The van der Waals surface area contributed by atoms with Crippen LogP contribution in [0.15, 0.2) is 42.5 Å². The summed E-state index contributed by atoms with van der Waals surface area (Å²) in [6.45, 7) is 1.40. The molecule has 2 aromatic carbocycles. The van der Waals surface area contributed by atoms with Gasteiger partial charge in [0.2, 0.25) is 5.91 Å². The van der Waals surface area contributed by atoms with Crippen molar-refractivity contribution in [3.05, 3.63) is 53.6 Å². The first-order valence-corrected chi connectivity index (χ1v) is 8.75. The zero-order chi connectivity index (χ0) is 17.4. The van der Waals surface area contributed by atoms with Gasteiger partial charge in [0.15, 0.2) is 0 Å². The highest BCUT2D eigenvalue weighted by Crippen LogP contribution is 2.32. The van der Waals surface area contributed by atoms with Crippen LogP contribution in [0.1, 0.15) is 35.2 Å². The number of nitrogens with zero attached hydrogens (tertiary/aromatic N) is 2. The van der Waals surface area contributed by atoms with Crippen molar-refractivity contribution in [2.45, 2.75) is 25.7 Å². The molecule has 0 saturated carbocycles. The van der Waals surface area contributed by atoms with Crippen molar-refractivity contribution in [3.8, 4) is 0 Å². The van der Waals surface area contributed by atoms with E-state index in [0.29, 0.717) is 18.5 Å². The first kappa shape index (κ1) is 18.3. The fourth-order valence-corrected chi connectivity index (χ4v) is 3.75. The summed E-state index contributed by atoms with van der Waals surface area (Å²) < 4.78 is 0. The first-order chi connectivity index (χ1) is 12.1. The van der Waals surface area contributed by atoms with E-state index in [-0.39, 0.29) is 24.2 Å². The van der Waals surface area contributed by atoms with E-state index in [9.17, 15) is 9.59 Å². The van der Waals surface area contributed by atoms with Crippen LogP contribution in [0.3, 0.4) is 0 Å². The summed E-state index contributed by atoms with van der Waals surface area (Å²) in [7, 11) is 0. The lowest BCUT2D eigenvalue weighted by Crippen LogP contribution is -2.36. The van der Waals surface area contributed by atoms with Gasteiger partial charge in [0.05, 0.1) is 0 Å². The van der Waals surface area contributed by atoms with Gasteiger partial charge in [-0.05, 0) is 55.2 Å². The fourth-order valence-electron chi connectivity index (χ4n) is 3.75.